The van der Waals surface area contributed by atoms with Crippen LogP contribution in [0, 0.1) is 5.92 Å². The van der Waals surface area contributed by atoms with Gasteiger partial charge >= 0.3 is 5.97 Å². The molecule has 0 atom stereocenters. The Labute approximate surface area is 122 Å². The van der Waals surface area contributed by atoms with E-state index in [0.717, 1.165) is 12.0 Å². The van der Waals surface area contributed by atoms with Crippen LogP contribution in [-0.4, -0.2) is 12.6 Å². The lowest BCUT2D eigenvalue weighted by Crippen LogP contribution is -2.09. The van der Waals surface area contributed by atoms with Gasteiger partial charge in [-0.05, 0) is 18.4 Å². The molecule has 0 spiro atoms. The predicted molar refractivity (Wildman–Crippen MR) is 83.5 cm³/mol. The first-order valence-corrected chi connectivity index (χ1v) is 7.11. The third-order valence-electron chi connectivity index (χ3n) is 2.83. The minimum absolute atomic E-state index is 0.165. The van der Waals surface area contributed by atoms with Crippen LogP contribution in [0.5, 0.6) is 0 Å². The maximum Gasteiger partial charge on any atom is 0.310 e. The molecule has 0 N–H and O–H groups in total. The van der Waals surface area contributed by atoms with Crippen LogP contribution in [0.3, 0.4) is 0 Å². The lowest BCUT2D eigenvalue weighted by molar-refractivity contribution is -0.142. The number of allylic oxidation sites excluding steroid dienone is 3. The highest BCUT2D eigenvalue weighted by atomic mass is 16.5. The van der Waals surface area contributed by atoms with Crippen molar-refractivity contribution in [1.29, 1.82) is 0 Å². The summed E-state index contributed by atoms with van der Waals surface area (Å²) < 4.78 is 5.24. The Morgan fingerprint density at radius 1 is 1.25 bits per heavy atom. The fourth-order valence-corrected chi connectivity index (χ4v) is 1.66. The van der Waals surface area contributed by atoms with Crippen molar-refractivity contribution < 1.29 is 9.53 Å². The van der Waals surface area contributed by atoms with Crippen molar-refractivity contribution in [2.45, 2.75) is 33.6 Å². The third kappa shape index (κ3) is 7.57. The van der Waals surface area contributed by atoms with E-state index in [2.05, 4.69) is 39.0 Å². The molecule has 0 bridgehead atoms. The van der Waals surface area contributed by atoms with E-state index in [9.17, 15) is 4.79 Å². The van der Waals surface area contributed by atoms with Gasteiger partial charge < -0.3 is 4.74 Å². The van der Waals surface area contributed by atoms with Crippen molar-refractivity contribution in [2.75, 3.05) is 6.61 Å². The summed E-state index contributed by atoms with van der Waals surface area (Å²) in [5.41, 5.74) is 2.21. The fraction of sp³-hybridized carbons (Fsp3) is 0.389. The van der Waals surface area contributed by atoms with E-state index >= 15 is 0 Å². The van der Waals surface area contributed by atoms with Gasteiger partial charge in [0, 0.05) is 6.42 Å². The Balaban J connectivity index is 2.25. The minimum Gasteiger partial charge on any atom is -0.465 e. The lowest BCUT2D eigenvalue weighted by Gasteiger charge is -2.05. The molecule has 0 aliphatic rings. The summed E-state index contributed by atoms with van der Waals surface area (Å²) in [5.74, 6) is 0.393. The van der Waals surface area contributed by atoms with Crippen molar-refractivity contribution in [3.63, 3.8) is 0 Å². The zero-order valence-electron chi connectivity index (χ0n) is 12.6. The summed E-state index contributed by atoms with van der Waals surface area (Å²) >= 11 is 0. The van der Waals surface area contributed by atoms with Crippen LogP contribution in [0.2, 0.25) is 0 Å². The molecule has 0 fully saturated rings. The van der Waals surface area contributed by atoms with Gasteiger partial charge in [0.1, 0.15) is 0 Å². The van der Waals surface area contributed by atoms with E-state index in [-0.39, 0.29) is 5.97 Å². The van der Waals surface area contributed by atoms with Gasteiger partial charge in [-0.1, -0.05) is 68.0 Å². The first-order chi connectivity index (χ1) is 9.58. The van der Waals surface area contributed by atoms with Gasteiger partial charge in [-0.3, -0.25) is 4.79 Å². The molecule has 0 amide bonds. The van der Waals surface area contributed by atoms with Gasteiger partial charge in [-0.2, -0.15) is 0 Å². The quantitative estimate of drug-likeness (QED) is 0.546. The molecule has 0 saturated carbocycles. The topological polar surface area (TPSA) is 26.3 Å². The number of benzene rings is 1. The van der Waals surface area contributed by atoms with Crippen LogP contribution in [0.25, 0.3) is 0 Å². The largest absolute Gasteiger partial charge is 0.465 e. The molecule has 1 aromatic carbocycles. The van der Waals surface area contributed by atoms with Crippen LogP contribution in [-0.2, 0) is 16.0 Å². The highest BCUT2D eigenvalue weighted by Crippen LogP contribution is 2.04. The van der Waals surface area contributed by atoms with E-state index in [1.54, 1.807) is 0 Å². The van der Waals surface area contributed by atoms with Crippen LogP contribution >= 0.6 is 0 Å². The summed E-state index contributed by atoms with van der Waals surface area (Å²) in [6.45, 7) is 6.79. The van der Waals surface area contributed by atoms with Gasteiger partial charge in [0.2, 0.25) is 0 Å². The van der Waals surface area contributed by atoms with Gasteiger partial charge in [0.05, 0.1) is 13.0 Å². The van der Waals surface area contributed by atoms with Crippen molar-refractivity contribution in [3.05, 3.63) is 59.7 Å². The van der Waals surface area contributed by atoms with Crippen LogP contribution < -0.4 is 0 Å². The molecule has 20 heavy (non-hydrogen) atoms. The average molecular weight is 272 g/mol. The normalized spacial score (nSPS) is 12.1. The third-order valence-corrected chi connectivity index (χ3v) is 2.83. The summed E-state index contributed by atoms with van der Waals surface area (Å²) in [6, 6.07) is 9.66. The Kier molecular flexibility index (Phi) is 7.41. The number of esters is 1. The van der Waals surface area contributed by atoms with Crippen molar-refractivity contribution in [2.24, 2.45) is 5.92 Å². The smallest absolute Gasteiger partial charge is 0.310 e. The SMILES string of the molecule is C/C(=C\C=C\C(C)C)CCOC(=O)Cc1ccccc1. The fourth-order valence-electron chi connectivity index (χ4n) is 1.66. The monoisotopic (exact) mass is 272 g/mol. The number of ether oxygens (including phenoxy) is 1. The van der Waals surface area contributed by atoms with E-state index in [4.69, 9.17) is 4.74 Å². The number of rotatable bonds is 7. The first kappa shape index (κ1) is 16.2. The van der Waals surface area contributed by atoms with Gasteiger partial charge in [-0.25, -0.2) is 0 Å². The maximum atomic E-state index is 11.6. The summed E-state index contributed by atoms with van der Waals surface area (Å²) in [6.07, 6.45) is 7.40. The second-order valence-corrected chi connectivity index (χ2v) is 5.27. The molecule has 1 rings (SSSR count). The molecule has 0 unspecified atom stereocenters. The molecular weight excluding hydrogens is 248 g/mol. The molecular formula is C18H24O2. The lowest BCUT2D eigenvalue weighted by atomic mass is 10.1. The maximum absolute atomic E-state index is 11.6. The molecule has 0 saturated heterocycles. The van der Waals surface area contributed by atoms with Crippen LogP contribution in [0.1, 0.15) is 32.8 Å². The molecule has 0 aromatic heterocycles. The van der Waals surface area contributed by atoms with E-state index in [1.165, 1.54) is 5.57 Å². The van der Waals surface area contributed by atoms with Gasteiger partial charge in [-0.15, -0.1) is 0 Å². The standard InChI is InChI=1S/C18H24O2/c1-15(2)8-7-9-16(3)12-13-20-18(19)14-17-10-5-4-6-11-17/h4-11,15H,12-14H2,1-3H3/b8-7+,16-9+. The molecule has 2 heteroatoms. The van der Waals surface area contributed by atoms with Crippen molar-refractivity contribution >= 4 is 5.97 Å². The first-order valence-electron chi connectivity index (χ1n) is 7.11. The Morgan fingerprint density at radius 2 is 1.95 bits per heavy atom. The number of hydrogen-bond donors (Lipinski definition) is 0. The number of carbonyl (C=O) groups is 1. The molecule has 0 aliphatic heterocycles. The van der Waals surface area contributed by atoms with E-state index in [0.29, 0.717) is 18.9 Å². The number of carbonyl (C=O) groups excluding carboxylic acids is 1. The second kappa shape index (κ2) is 9.13. The number of hydrogen-bond acceptors (Lipinski definition) is 2. The van der Waals surface area contributed by atoms with Gasteiger partial charge in [0.25, 0.3) is 0 Å². The summed E-state index contributed by atoms with van der Waals surface area (Å²) in [5, 5.41) is 0. The Hall–Kier alpha value is -1.83. The molecule has 0 heterocycles. The summed E-state index contributed by atoms with van der Waals surface area (Å²) in [4.78, 5) is 11.6. The van der Waals surface area contributed by atoms with E-state index in [1.807, 2.05) is 30.3 Å². The Bertz CT molecular complexity index is 456. The molecule has 0 aliphatic carbocycles. The molecule has 0 radical (unpaired) electrons. The summed E-state index contributed by atoms with van der Waals surface area (Å²) in [7, 11) is 0. The van der Waals surface area contributed by atoms with Crippen LogP contribution in [0.4, 0.5) is 0 Å². The molecule has 1 aromatic rings. The highest BCUT2D eigenvalue weighted by molar-refractivity contribution is 5.72. The average Bonchev–Trinajstić information content (AvgIpc) is 2.39. The van der Waals surface area contributed by atoms with Gasteiger partial charge in [0.15, 0.2) is 0 Å². The highest BCUT2D eigenvalue weighted by Gasteiger charge is 2.03. The molecule has 2 nitrogen and oxygen atoms in total. The predicted octanol–water partition coefficient (Wildman–Crippen LogP) is 4.32. The zero-order valence-corrected chi connectivity index (χ0v) is 12.6. The minimum atomic E-state index is -0.165. The van der Waals surface area contributed by atoms with Crippen molar-refractivity contribution in [3.8, 4) is 0 Å². The Morgan fingerprint density at radius 3 is 2.60 bits per heavy atom. The van der Waals surface area contributed by atoms with E-state index < -0.39 is 0 Å². The molecule has 108 valence electrons. The van der Waals surface area contributed by atoms with Crippen molar-refractivity contribution in [1.82, 2.24) is 0 Å². The second-order valence-electron chi connectivity index (χ2n) is 5.27. The zero-order chi connectivity index (χ0) is 14.8. The van der Waals surface area contributed by atoms with Crippen LogP contribution in [0.15, 0.2) is 54.1 Å².